The molecule has 0 aliphatic carbocycles. The van der Waals surface area contributed by atoms with E-state index in [0.717, 1.165) is 5.56 Å². The standard InChI is InChI=1S/C12H14OS/c1-9-6-7-11(5-4-8-13)10(2)12(9)14-3/h6-7,13H,8H2,1-3H3. The van der Waals surface area contributed by atoms with E-state index in [1.807, 2.05) is 6.07 Å². The van der Waals surface area contributed by atoms with E-state index in [1.165, 1.54) is 16.0 Å². The molecule has 0 aliphatic heterocycles. The molecule has 0 saturated heterocycles. The Morgan fingerprint density at radius 1 is 1.36 bits per heavy atom. The van der Waals surface area contributed by atoms with Gasteiger partial charge in [0.25, 0.3) is 0 Å². The second-order valence-corrected chi connectivity index (χ2v) is 3.86. The Morgan fingerprint density at radius 3 is 2.64 bits per heavy atom. The van der Waals surface area contributed by atoms with Crippen molar-refractivity contribution in [2.75, 3.05) is 12.9 Å². The second-order valence-electron chi connectivity index (χ2n) is 3.05. The number of thioether (sulfide) groups is 1. The van der Waals surface area contributed by atoms with Crippen LogP contribution in [0.15, 0.2) is 17.0 Å². The van der Waals surface area contributed by atoms with Gasteiger partial charge in [0.1, 0.15) is 6.61 Å². The largest absolute Gasteiger partial charge is 0.384 e. The Bertz CT molecular complexity index is 385. The van der Waals surface area contributed by atoms with Crippen LogP contribution < -0.4 is 0 Å². The average Bonchev–Trinajstić information content (AvgIpc) is 2.18. The minimum Gasteiger partial charge on any atom is -0.384 e. The highest BCUT2D eigenvalue weighted by molar-refractivity contribution is 7.98. The number of aliphatic hydroxyl groups excluding tert-OH is 1. The summed E-state index contributed by atoms with van der Waals surface area (Å²) in [6, 6.07) is 4.08. The van der Waals surface area contributed by atoms with Crippen molar-refractivity contribution in [2.24, 2.45) is 0 Å². The zero-order chi connectivity index (χ0) is 10.6. The fraction of sp³-hybridized carbons (Fsp3) is 0.333. The maximum atomic E-state index is 8.62. The van der Waals surface area contributed by atoms with Crippen LogP contribution in [0.4, 0.5) is 0 Å². The van der Waals surface area contributed by atoms with Gasteiger partial charge >= 0.3 is 0 Å². The molecule has 14 heavy (non-hydrogen) atoms. The molecule has 2 heteroatoms. The molecular formula is C12H14OS. The first kappa shape index (κ1) is 11.2. The summed E-state index contributed by atoms with van der Waals surface area (Å²) in [7, 11) is 0. The van der Waals surface area contributed by atoms with E-state index in [4.69, 9.17) is 5.11 Å². The predicted octanol–water partition coefficient (Wildman–Crippen LogP) is 2.37. The normalized spacial score (nSPS) is 9.43. The third kappa shape index (κ3) is 2.31. The van der Waals surface area contributed by atoms with Crippen molar-refractivity contribution in [3.63, 3.8) is 0 Å². The van der Waals surface area contributed by atoms with Gasteiger partial charge in [-0.25, -0.2) is 0 Å². The van der Waals surface area contributed by atoms with Crippen molar-refractivity contribution in [1.82, 2.24) is 0 Å². The van der Waals surface area contributed by atoms with Crippen LogP contribution in [-0.2, 0) is 0 Å². The van der Waals surface area contributed by atoms with Crippen LogP contribution in [0.2, 0.25) is 0 Å². The molecule has 74 valence electrons. The van der Waals surface area contributed by atoms with Crippen LogP contribution in [-0.4, -0.2) is 18.0 Å². The topological polar surface area (TPSA) is 20.2 Å². The van der Waals surface area contributed by atoms with Gasteiger partial charge in [-0.1, -0.05) is 17.9 Å². The Labute approximate surface area is 89.5 Å². The van der Waals surface area contributed by atoms with Gasteiger partial charge in [0.2, 0.25) is 0 Å². The lowest BCUT2D eigenvalue weighted by Gasteiger charge is -2.08. The minimum atomic E-state index is -0.0814. The van der Waals surface area contributed by atoms with Gasteiger partial charge in [-0.05, 0) is 37.3 Å². The molecule has 0 radical (unpaired) electrons. The molecule has 1 rings (SSSR count). The Hall–Kier alpha value is -0.910. The predicted molar refractivity (Wildman–Crippen MR) is 61.7 cm³/mol. The van der Waals surface area contributed by atoms with Crippen molar-refractivity contribution in [3.05, 3.63) is 28.8 Å². The first-order chi connectivity index (χ1) is 6.70. The third-order valence-corrected chi connectivity index (χ3v) is 3.15. The molecular weight excluding hydrogens is 192 g/mol. The van der Waals surface area contributed by atoms with Gasteiger partial charge in [-0.15, -0.1) is 11.8 Å². The molecule has 0 saturated carbocycles. The summed E-state index contributed by atoms with van der Waals surface area (Å²) in [6.07, 6.45) is 2.07. The number of hydrogen-bond acceptors (Lipinski definition) is 2. The van der Waals surface area contributed by atoms with E-state index in [9.17, 15) is 0 Å². The van der Waals surface area contributed by atoms with Crippen LogP contribution in [0.5, 0.6) is 0 Å². The molecule has 0 aliphatic rings. The van der Waals surface area contributed by atoms with Gasteiger partial charge in [-0.3, -0.25) is 0 Å². The summed E-state index contributed by atoms with van der Waals surface area (Å²) in [4.78, 5) is 1.29. The Kier molecular flexibility index (Phi) is 4.06. The molecule has 0 fully saturated rings. The smallest absolute Gasteiger partial charge is 0.104 e. The van der Waals surface area contributed by atoms with E-state index < -0.39 is 0 Å². The van der Waals surface area contributed by atoms with Crippen molar-refractivity contribution in [2.45, 2.75) is 18.7 Å². The van der Waals surface area contributed by atoms with E-state index in [1.54, 1.807) is 11.8 Å². The summed E-state index contributed by atoms with van der Waals surface area (Å²) >= 11 is 1.74. The molecule has 0 aromatic heterocycles. The van der Waals surface area contributed by atoms with Crippen LogP contribution in [0, 0.1) is 25.7 Å². The summed E-state index contributed by atoms with van der Waals surface area (Å²) in [5.41, 5.74) is 3.50. The number of hydrogen-bond donors (Lipinski definition) is 1. The van der Waals surface area contributed by atoms with E-state index in [-0.39, 0.29) is 6.61 Å². The lowest BCUT2D eigenvalue weighted by atomic mass is 10.1. The number of aryl methyl sites for hydroxylation is 1. The summed E-state index contributed by atoms with van der Waals surface area (Å²) in [6.45, 7) is 4.09. The SMILES string of the molecule is CSc1c(C)ccc(C#CCO)c1C. The third-order valence-electron chi connectivity index (χ3n) is 2.11. The fourth-order valence-corrected chi connectivity index (χ4v) is 2.22. The molecule has 0 unspecified atom stereocenters. The monoisotopic (exact) mass is 206 g/mol. The van der Waals surface area contributed by atoms with E-state index in [2.05, 4.69) is 38.0 Å². The first-order valence-corrected chi connectivity index (χ1v) is 5.67. The number of benzene rings is 1. The van der Waals surface area contributed by atoms with Crippen LogP contribution >= 0.6 is 11.8 Å². The van der Waals surface area contributed by atoms with Crippen LogP contribution in [0.25, 0.3) is 0 Å². The maximum absolute atomic E-state index is 8.62. The van der Waals surface area contributed by atoms with Gasteiger partial charge in [-0.2, -0.15) is 0 Å². The van der Waals surface area contributed by atoms with Crippen LogP contribution in [0.3, 0.4) is 0 Å². The van der Waals surface area contributed by atoms with Crippen molar-refractivity contribution < 1.29 is 5.11 Å². The van der Waals surface area contributed by atoms with Crippen LogP contribution in [0.1, 0.15) is 16.7 Å². The lowest BCUT2D eigenvalue weighted by Crippen LogP contribution is -1.89. The van der Waals surface area contributed by atoms with Gasteiger partial charge < -0.3 is 5.11 Å². The lowest BCUT2D eigenvalue weighted by molar-refractivity contribution is 0.350. The van der Waals surface area contributed by atoms with E-state index >= 15 is 0 Å². The van der Waals surface area contributed by atoms with Gasteiger partial charge in [0.05, 0.1) is 0 Å². The first-order valence-electron chi connectivity index (χ1n) is 4.44. The summed E-state index contributed by atoms with van der Waals surface area (Å²) in [5, 5.41) is 8.62. The molecule has 0 atom stereocenters. The fourth-order valence-electron chi connectivity index (χ4n) is 1.41. The summed E-state index contributed by atoms with van der Waals surface area (Å²) < 4.78 is 0. The molecule has 1 aromatic carbocycles. The van der Waals surface area contributed by atoms with Gasteiger partial charge in [0.15, 0.2) is 0 Å². The highest BCUT2D eigenvalue weighted by atomic mass is 32.2. The molecule has 1 nitrogen and oxygen atoms in total. The van der Waals surface area contributed by atoms with Crippen molar-refractivity contribution >= 4 is 11.8 Å². The number of aliphatic hydroxyl groups is 1. The molecule has 1 N–H and O–H groups in total. The van der Waals surface area contributed by atoms with Crippen molar-refractivity contribution in [3.8, 4) is 11.8 Å². The Balaban J connectivity index is 3.21. The zero-order valence-corrected chi connectivity index (χ0v) is 9.53. The molecule has 0 heterocycles. The molecule has 1 aromatic rings. The summed E-state index contributed by atoms with van der Waals surface area (Å²) in [5.74, 6) is 5.62. The van der Waals surface area contributed by atoms with E-state index in [0.29, 0.717) is 0 Å². The second kappa shape index (κ2) is 5.09. The quantitative estimate of drug-likeness (QED) is 0.562. The average molecular weight is 206 g/mol. The minimum absolute atomic E-state index is 0.0814. The zero-order valence-electron chi connectivity index (χ0n) is 8.72. The highest BCUT2D eigenvalue weighted by Gasteiger charge is 2.04. The van der Waals surface area contributed by atoms with Gasteiger partial charge in [0, 0.05) is 10.5 Å². The number of rotatable bonds is 1. The maximum Gasteiger partial charge on any atom is 0.104 e. The molecule has 0 spiro atoms. The molecule has 0 bridgehead atoms. The Morgan fingerprint density at radius 2 is 2.07 bits per heavy atom. The van der Waals surface area contributed by atoms with Crippen molar-refractivity contribution in [1.29, 1.82) is 0 Å². The highest BCUT2D eigenvalue weighted by Crippen LogP contribution is 2.26. The molecule has 0 amide bonds.